The molecule has 7 nitrogen and oxygen atoms in total. The second kappa shape index (κ2) is 11.5. The van der Waals surface area contributed by atoms with E-state index in [2.05, 4.69) is 20.9 Å². The van der Waals surface area contributed by atoms with Crippen molar-refractivity contribution in [3.8, 4) is 5.75 Å². The van der Waals surface area contributed by atoms with Gasteiger partial charge in [-0.1, -0.05) is 23.8 Å². The average Bonchev–Trinajstić information content (AvgIpc) is 2.82. The van der Waals surface area contributed by atoms with Crippen LogP contribution in [0.15, 0.2) is 73.1 Å². The number of ether oxygens (including phenoxy) is 1. The molecule has 0 aliphatic carbocycles. The Bertz CT molecular complexity index is 1020. The first-order valence-corrected chi connectivity index (χ1v) is 10.5. The van der Waals surface area contributed by atoms with Crippen LogP contribution in [0.5, 0.6) is 5.75 Å². The molecular weight excluding hydrogens is 404 g/mol. The van der Waals surface area contributed by atoms with Crippen LogP contribution in [0, 0.1) is 6.92 Å². The smallest absolute Gasteiger partial charge is 0.251 e. The molecule has 1 unspecified atom stereocenters. The minimum absolute atomic E-state index is 0.244. The molecule has 166 valence electrons. The van der Waals surface area contributed by atoms with Gasteiger partial charge in [0.15, 0.2) is 0 Å². The molecule has 3 aromatic rings. The highest BCUT2D eigenvalue weighted by Gasteiger charge is 2.22. The van der Waals surface area contributed by atoms with E-state index in [1.165, 1.54) is 0 Å². The van der Waals surface area contributed by atoms with E-state index in [9.17, 15) is 9.59 Å². The van der Waals surface area contributed by atoms with Crippen molar-refractivity contribution in [3.05, 3.63) is 89.7 Å². The second-order valence-electron chi connectivity index (χ2n) is 7.41. The minimum Gasteiger partial charge on any atom is -0.497 e. The van der Waals surface area contributed by atoms with Gasteiger partial charge in [0.05, 0.1) is 7.11 Å². The third kappa shape index (κ3) is 6.84. The average molecular weight is 433 g/mol. The fourth-order valence-corrected chi connectivity index (χ4v) is 3.22. The number of methoxy groups -OCH3 is 1. The number of aryl methyl sites for hydroxylation is 1. The number of hydrogen-bond acceptors (Lipinski definition) is 5. The fraction of sp³-hybridized carbons (Fsp3) is 0.240. The molecule has 0 fully saturated rings. The van der Waals surface area contributed by atoms with Crippen molar-refractivity contribution in [1.82, 2.24) is 15.6 Å². The molecule has 0 aliphatic heterocycles. The van der Waals surface area contributed by atoms with E-state index in [0.29, 0.717) is 25.1 Å². The topological polar surface area (TPSA) is 92.3 Å². The molecular formula is C25H28N4O3. The lowest BCUT2D eigenvalue weighted by molar-refractivity contribution is -0.122. The number of carbonyl (C=O) groups excluding carboxylic acids is 2. The number of nitrogens with one attached hydrogen (secondary N) is 3. The van der Waals surface area contributed by atoms with E-state index < -0.39 is 6.04 Å². The lowest BCUT2D eigenvalue weighted by Crippen LogP contribution is -2.48. The molecule has 0 spiro atoms. The van der Waals surface area contributed by atoms with Crippen molar-refractivity contribution in [2.45, 2.75) is 19.4 Å². The summed E-state index contributed by atoms with van der Waals surface area (Å²) in [6, 6.07) is 17.8. The van der Waals surface area contributed by atoms with Crippen LogP contribution in [0.1, 0.15) is 21.5 Å². The second-order valence-corrected chi connectivity index (χ2v) is 7.41. The van der Waals surface area contributed by atoms with Gasteiger partial charge in [0.2, 0.25) is 5.91 Å². The number of aromatic nitrogens is 1. The number of pyridine rings is 1. The standard InChI is InChI=1S/C25H28N4O3/c1-18-5-3-7-20(15-18)24(30)29-23(16-19-6-4-12-26-17-19)25(31)28-14-13-27-21-8-10-22(32-2)11-9-21/h3-12,15,17,23,27H,13-14,16H2,1-2H3,(H,28,31)(H,29,30). The van der Waals surface area contributed by atoms with Crippen molar-refractivity contribution in [3.63, 3.8) is 0 Å². The summed E-state index contributed by atoms with van der Waals surface area (Å²) >= 11 is 0. The van der Waals surface area contributed by atoms with Crippen molar-refractivity contribution in [2.75, 3.05) is 25.5 Å². The Morgan fingerprint density at radius 2 is 1.84 bits per heavy atom. The Morgan fingerprint density at radius 3 is 2.53 bits per heavy atom. The van der Waals surface area contributed by atoms with E-state index in [-0.39, 0.29) is 11.8 Å². The van der Waals surface area contributed by atoms with Crippen molar-refractivity contribution in [1.29, 1.82) is 0 Å². The monoisotopic (exact) mass is 432 g/mol. The molecule has 3 rings (SSSR count). The third-order valence-electron chi connectivity index (χ3n) is 4.91. The van der Waals surface area contributed by atoms with Crippen LogP contribution >= 0.6 is 0 Å². The Balaban J connectivity index is 1.58. The highest BCUT2D eigenvalue weighted by atomic mass is 16.5. The van der Waals surface area contributed by atoms with Crippen molar-refractivity contribution >= 4 is 17.5 Å². The lowest BCUT2D eigenvalue weighted by atomic mass is 10.1. The first kappa shape index (κ1) is 22.8. The maximum Gasteiger partial charge on any atom is 0.251 e. The quantitative estimate of drug-likeness (QED) is 0.429. The van der Waals surface area contributed by atoms with E-state index in [1.54, 1.807) is 31.6 Å². The molecule has 2 aromatic carbocycles. The van der Waals surface area contributed by atoms with E-state index in [4.69, 9.17) is 4.74 Å². The molecule has 2 amide bonds. The Hall–Kier alpha value is -3.87. The molecule has 1 heterocycles. The highest BCUT2D eigenvalue weighted by molar-refractivity contribution is 5.97. The molecule has 1 aromatic heterocycles. The van der Waals surface area contributed by atoms with Crippen LogP contribution in [0.25, 0.3) is 0 Å². The van der Waals surface area contributed by atoms with Gasteiger partial charge in [0, 0.05) is 43.2 Å². The zero-order valence-corrected chi connectivity index (χ0v) is 18.3. The third-order valence-corrected chi connectivity index (χ3v) is 4.91. The maximum atomic E-state index is 12.9. The van der Waals surface area contributed by atoms with Gasteiger partial charge in [0.1, 0.15) is 11.8 Å². The van der Waals surface area contributed by atoms with E-state index >= 15 is 0 Å². The molecule has 1 atom stereocenters. The van der Waals surface area contributed by atoms with Gasteiger partial charge in [-0.2, -0.15) is 0 Å². The molecule has 7 heteroatoms. The van der Waals surface area contributed by atoms with Crippen molar-refractivity contribution < 1.29 is 14.3 Å². The Kier molecular flexibility index (Phi) is 8.20. The fourth-order valence-electron chi connectivity index (χ4n) is 3.22. The van der Waals surface area contributed by atoms with Gasteiger partial charge >= 0.3 is 0 Å². The number of rotatable bonds is 10. The molecule has 0 aliphatic rings. The summed E-state index contributed by atoms with van der Waals surface area (Å²) in [4.78, 5) is 29.7. The molecule has 0 bridgehead atoms. The summed E-state index contributed by atoms with van der Waals surface area (Å²) in [5.41, 5.74) is 3.30. The first-order chi connectivity index (χ1) is 15.5. The zero-order valence-electron chi connectivity index (χ0n) is 18.3. The van der Waals surface area contributed by atoms with Gasteiger partial charge in [-0.3, -0.25) is 14.6 Å². The molecule has 32 heavy (non-hydrogen) atoms. The van der Waals surface area contributed by atoms with Crippen LogP contribution in [0.3, 0.4) is 0 Å². The Morgan fingerprint density at radius 1 is 1.03 bits per heavy atom. The van der Waals surface area contributed by atoms with Crippen LogP contribution in [0.4, 0.5) is 5.69 Å². The molecule has 0 saturated carbocycles. The normalized spacial score (nSPS) is 11.3. The van der Waals surface area contributed by atoms with Gasteiger partial charge in [-0.25, -0.2) is 0 Å². The van der Waals surface area contributed by atoms with Gasteiger partial charge < -0.3 is 20.7 Å². The minimum atomic E-state index is -0.715. The summed E-state index contributed by atoms with van der Waals surface area (Å²) in [7, 11) is 1.62. The predicted octanol–water partition coefficient (Wildman–Crippen LogP) is 2.97. The first-order valence-electron chi connectivity index (χ1n) is 10.5. The molecule has 3 N–H and O–H groups in total. The highest BCUT2D eigenvalue weighted by Crippen LogP contribution is 2.14. The summed E-state index contributed by atoms with van der Waals surface area (Å²) in [5.74, 6) is 0.256. The van der Waals surface area contributed by atoms with Crippen LogP contribution in [0.2, 0.25) is 0 Å². The van der Waals surface area contributed by atoms with Gasteiger partial charge in [-0.15, -0.1) is 0 Å². The predicted molar refractivity (Wildman–Crippen MR) is 125 cm³/mol. The van der Waals surface area contributed by atoms with Gasteiger partial charge in [-0.05, 0) is 55.0 Å². The zero-order chi connectivity index (χ0) is 22.8. The van der Waals surface area contributed by atoms with Crippen LogP contribution < -0.4 is 20.7 Å². The number of anilines is 1. The number of benzene rings is 2. The van der Waals surface area contributed by atoms with Crippen LogP contribution in [-0.2, 0) is 11.2 Å². The van der Waals surface area contributed by atoms with E-state index in [0.717, 1.165) is 22.6 Å². The van der Waals surface area contributed by atoms with Crippen molar-refractivity contribution in [2.24, 2.45) is 0 Å². The van der Waals surface area contributed by atoms with Crippen LogP contribution in [-0.4, -0.2) is 43.0 Å². The lowest BCUT2D eigenvalue weighted by Gasteiger charge is -2.19. The Labute approximate surface area is 188 Å². The molecule has 0 radical (unpaired) electrons. The number of hydrogen-bond donors (Lipinski definition) is 3. The summed E-state index contributed by atoms with van der Waals surface area (Å²) in [6.45, 7) is 2.88. The van der Waals surface area contributed by atoms with E-state index in [1.807, 2.05) is 55.5 Å². The number of nitrogens with zero attached hydrogens (tertiary/aromatic N) is 1. The SMILES string of the molecule is COc1ccc(NCCNC(=O)C(Cc2cccnc2)NC(=O)c2cccc(C)c2)cc1. The summed E-state index contributed by atoms with van der Waals surface area (Å²) in [6.07, 6.45) is 3.72. The maximum absolute atomic E-state index is 12.9. The number of carbonyl (C=O) groups is 2. The number of amides is 2. The summed E-state index contributed by atoms with van der Waals surface area (Å²) < 4.78 is 5.15. The van der Waals surface area contributed by atoms with Gasteiger partial charge in [0.25, 0.3) is 5.91 Å². The largest absolute Gasteiger partial charge is 0.497 e. The molecule has 0 saturated heterocycles. The summed E-state index contributed by atoms with van der Waals surface area (Å²) in [5, 5.41) is 9.01.